The van der Waals surface area contributed by atoms with Crippen LogP contribution in [0, 0.1) is 11.8 Å². The van der Waals surface area contributed by atoms with Crippen molar-refractivity contribution in [3.05, 3.63) is 0 Å². The number of imide groups is 1. The topological polar surface area (TPSA) is 57.7 Å². The number of hydrogen-bond acceptors (Lipinski definition) is 3. The summed E-state index contributed by atoms with van der Waals surface area (Å²) in [6.45, 7) is 5.69. The predicted molar refractivity (Wildman–Crippen MR) is 60.9 cm³/mol. The molecule has 1 unspecified atom stereocenters. The third-order valence-corrected chi connectivity index (χ3v) is 3.44. The van der Waals surface area contributed by atoms with Crippen molar-refractivity contribution in [1.82, 2.24) is 9.80 Å². The fourth-order valence-electron chi connectivity index (χ4n) is 2.35. The summed E-state index contributed by atoms with van der Waals surface area (Å²) in [7, 11) is 0. The fraction of sp³-hybridized carbons (Fsp3) is 0.750. The molecule has 0 N–H and O–H groups in total. The van der Waals surface area contributed by atoms with Gasteiger partial charge >= 0.3 is 0 Å². The van der Waals surface area contributed by atoms with Crippen LogP contribution in [0.1, 0.15) is 26.7 Å². The van der Waals surface area contributed by atoms with Gasteiger partial charge in [0, 0.05) is 38.4 Å². The SMILES string of the molecule is CC1CN(C(=O)CCN2C(=O)CC(C)C2=O)C1. The standard InChI is InChI=1S/C12H18N2O3/c1-8-6-13(7-8)10(15)3-4-14-11(16)5-9(2)12(14)17/h8-9H,3-7H2,1-2H3. The van der Waals surface area contributed by atoms with Crippen molar-refractivity contribution in [3.8, 4) is 0 Å². The molecule has 17 heavy (non-hydrogen) atoms. The van der Waals surface area contributed by atoms with E-state index >= 15 is 0 Å². The number of carbonyl (C=O) groups excluding carboxylic acids is 3. The zero-order chi connectivity index (χ0) is 12.6. The Hall–Kier alpha value is -1.39. The molecule has 0 aromatic heterocycles. The second-order valence-electron chi connectivity index (χ2n) is 5.14. The fourth-order valence-corrected chi connectivity index (χ4v) is 2.35. The monoisotopic (exact) mass is 238 g/mol. The van der Waals surface area contributed by atoms with Gasteiger partial charge in [-0.2, -0.15) is 0 Å². The van der Waals surface area contributed by atoms with Crippen molar-refractivity contribution in [2.24, 2.45) is 11.8 Å². The summed E-state index contributed by atoms with van der Waals surface area (Å²) in [5.74, 6) is 0.117. The Morgan fingerprint density at radius 1 is 1.29 bits per heavy atom. The molecule has 5 heteroatoms. The third kappa shape index (κ3) is 2.33. The van der Waals surface area contributed by atoms with Crippen LogP contribution in [0.15, 0.2) is 0 Å². The number of likely N-dealkylation sites (tertiary alicyclic amines) is 2. The second kappa shape index (κ2) is 4.47. The van der Waals surface area contributed by atoms with Gasteiger partial charge in [-0.3, -0.25) is 19.3 Å². The quantitative estimate of drug-likeness (QED) is 0.662. The highest BCUT2D eigenvalue weighted by Gasteiger charge is 2.36. The molecule has 2 saturated heterocycles. The second-order valence-corrected chi connectivity index (χ2v) is 5.14. The normalized spacial score (nSPS) is 25.4. The molecule has 2 aliphatic rings. The van der Waals surface area contributed by atoms with Crippen LogP contribution in [0.3, 0.4) is 0 Å². The Balaban J connectivity index is 1.80. The molecule has 1 atom stereocenters. The van der Waals surface area contributed by atoms with E-state index in [2.05, 4.69) is 6.92 Å². The van der Waals surface area contributed by atoms with Gasteiger partial charge < -0.3 is 4.90 Å². The van der Waals surface area contributed by atoms with E-state index in [1.807, 2.05) is 0 Å². The number of nitrogens with zero attached hydrogens (tertiary/aromatic N) is 2. The molecular formula is C12H18N2O3. The molecule has 0 aromatic carbocycles. The maximum atomic E-state index is 11.7. The van der Waals surface area contributed by atoms with Crippen molar-refractivity contribution in [3.63, 3.8) is 0 Å². The molecule has 5 nitrogen and oxygen atoms in total. The first-order valence-corrected chi connectivity index (χ1v) is 6.11. The zero-order valence-corrected chi connectivity index (χ0v) is 10.3. The minimum atomic E-state index is -0.221. The van der Waals surface area contributed by atoms with Gasteiger partial charge in [0.1, 0.15) is 0 Å². The highest BCUT2D eigenvalue weighted by Crippen LogP contribution is 2.20. The van der Waals surface area contributed by atoms with Crippen molar-refractivity contribution >= 4 is 17.7 Å². The minimum absolute atomic E-state index is 0.0447. The van der Waals surface area contributed by atoms with Gasteiger partial charge in [-0.15, -0.1) is 0 Å². The lowest BCUT2D eigenvalue weighted by molar-refractivity contribution is -0.141. The van der Waals surface area contributed by atoms with E-state index in [0.717, 1.165) is 13.1 Å². The molecule has 2 fully saturated rings. The number of carbonyl (C=O) groups is 3. The molecule has 3 amide bonds. The molecular weight excluding hydrogens is 220 g/mol. The lowest BCUT2D eigenvalue weighted by Crippen LogP contribution is -2.49. The summed E-state index contributed by atoms with van der Waals surface area (Å²) < 4.78 is 0. The smallest absolute Gasteiger partial charge is 0.232 e. The zero-order valence-electron chi connectivity index (χ0n) is 10.3. The molecule has 0 aliphatic carbocycles. The molecule has 2 rings (SSSR count). The average Bonchev–Trinajstić information content (AvgIpc) is 2.46. The Morgan fingerprint density at radius 3 is 2.41 bits per heavy atom. The van der Waals surface area contributed by atoms with Crippen LogP contribution in [0.5, 0.6) is 0 Å². The van der Waals surface area contributed by atoms with E-state index in [-0.39, 0.29) is 43.0 Å². The van der Waals surface area contributed by atoms with Crippen LogP contribution in [0.25, 0.3) is 0 Å². The van der Waals surface area contributed by atoms with E-state index in [1.165, 1.54) is 4.90 Å². The third-order valence-electron chi connectivity index (χ3n) is 3.44. The van der Waals surface area contributed by atoms with Crippen molar-refractivity contribution in [2.75, 3.05) is 19.6 Å². The van der Waals surface area contributed by atoms with E-state index in [1.54, 1.807) is 11.8 Å². The molecule has 0 radical (unpaired) electrons. The summed E-state index contributed by atoms with van der Waals surface area (Å²) >= 11 is 0. The Kier molecular flexibility index (Phi) is 3.17. The first-order chi connectivity index (χ1) is 7.99. The Bertz CT molecular complexity index is 361. The van der Waals surface area contributed by atoms with Gasteiger partial charge in [-0.1, -0.05) is 13.8 Å². The van der Waals surface area contributed by atoms with Crippen molar-refractivity contribution < 1.29 is 14.4 Å². The van der Waals surface area contributed by atoms with Crippen LogP contribution >= 0.6 is 0 Å². The van der Waals surface area contributed by atoms with Gasteiger partial charge in [0.2, 0.25) is 17.7 Å². The van der Waals surface area contributed by atoms with Gasteiger partial charge in [-0.25, -0.2) is 0 Å². The predicted octanol–water partition coefficient (Wildman–Crippen LogP) is 0.250. The van der Waals surface area contributed by atoms with Crippen LogP contribution in [-0.4, -0.2) is 47.2 Å². The number of amides is 3. The maximum Gasteiger partial charge on any atom is 0.232 e. The number of hydrogen-bond donors (Lipinski definition) is 0. The minimum Gasteiger partial charge on any atom is -0.342 e. The molecule has 2 aliphatic heterocycles. The van der Waals surface area contributed by atoms with Crippen LogP contribution < -0.4 is 0 Å². The van der Waals surface area contributed by atoms with Crippen LogP contribution in [-0.2, 0) is 14.4 Å². The highest BCUT2D eigenvalue weighted by atomic mass is 16.2. The highest BCUT2D eigenvalue weighted by molar-refractivity contribution is 6.03. The molecule has 0 aromatic rings. The van der Waals surface area contributed by atoms with E-state index in [9.17, 15) is 14.4 Å². The molecule has 94 valence electrons. The van der Waals surface area contributed by atoms with E-state index in [0.29, 0.717) is 5.92 Å². The van der Waals surface area contributed by atoms with Crippen LogP contribution in [0.4, 0.5) is 0 Å². The largest absolute Gasteiger partial charge is 0.342 e. The summed E-state index contributed by atoms with van der Waals surface area (Å²) in [5.41, 5.74) is 0. The molecule has 2 heterocycles. The van der Waals surface area contributed by atoms with E-state index in [4.69, 9.17) is 0 Å². The first-order valence-electron chi connectivity index (χ1n) is 6.11. The van der Waals surface area contributed by atoms with Gasteiger partial charge in [0.05, 0.1) is 0 Å². The molecule has 0 saturated carbocycles. The summed E-state index contributed by atoms with van der Waals surface area (Å²) in [5, 5.41) is 0. The molecule has 0 spiro atoms. The van der Waals surface area contributed by atoms with Crippen LogP contribution in [0.2, 0.25) is 0 Å². The maximum absolute atomic E-state index is 11.7. The van der Waals surface area contributed by atoms with E-state index < -0.39 is 0 Å². The van der Waals surface area contributed by atoms with Gasteiger partial charge in [-0.05, 0) is 5.92 Å². The molecule has 0 bridgehead atoms. The lowest BCUT2D eigenvalue weighted by atomic mass is 10.0. The summed E-state index contributed by atoms with van der Waals surface area (Å²) in [6.07, 6.45) is 0.546. The average molecular weight is 238 g/mol. The van der Waals surface area contributed by atoms with Crippen molar-refractivity contribution in [1.29, 1.82) is 0 Å². The number of rotatable bonds is 3. The summed E-state index contributed by atoms with van der Waals surface area (Å²) in [4.78, 5) is 37.8. The Labute approximate surface area is 101 Å². The lowest BCUT2D eigenvalue weighted by Gasteiger charge is -2.37. The van der Waals surface area contributed by atoms with Crippen molar-refractivity contribution in [2.45, 2.75) is 26.7 Å². The first kappa shape index (κ1) is 12.1. The summed E-state index contributed by atoms with van der Waals surface area (Å²) in [6, 6.07) is 0. The van der Waals surface area contributed by atoms with Gasteiger partial charge in [0.15, 0.2) is 0 Å². The van der Waals surface area contributed by atoms with Gasteiger partial charge in [0.25, 0.3) is 0 Å². The Morgan fingerprint density at radius 2 is 1.94 bits per heavy atom.